The molecule has 0 radical (unpaired) electrons. The van der Waals surface area contributed by atoms with E-state index >= 15 is 0 Å². The summed E-state index contributed by atoms with van der Waals surface area (Å²) >= 11 is 7.42. The predicted molar refractivity (Wildman–Crippen MR) is 83.1 cm³/mol. The highest BCUT2D eigenvalue weighted by Gasteiger charge is 2.35. The first-order valence-electron chi connectivity index (χ1n) is 6.49. The minimum absolute atomic E-state index is 0.212. The lowest BCUT2D eigenvalue weighted by molar-refractivity contribution is 0.0644. The van der Waals surface area contributed by atoms with Crippen molar-refractivity contribution in [1.29, 1.82) is 0 Å². The molecule has 0 saturated heterocycles. The SMILES string of the molecule is O=C1c2ccccc2C(=O)N1Cc1cc2ncnc(Cl)c2s1. The molecule has 0 N–H and O–H groups in total. The second-order valence-corrected chi connectivity index (χ2v) is 6.33. The average molecular weight is 330 g/mol. The summed E-state index contributed by atoms with van der Waals surface area (Å²) in [5, 5.41) is 0.378. The van der Waals surface area contributed by atoms with Gasteiger partial charge >= 0.3 is 0 Å². The molecular formula is C15H8ClN3O2S. The maximum atomic E-state index is 12.3. The monoisotopic (exact) mass is 329 g/mol. The molecule has 2 aromatic heterocycles. The van der Waals surface area contributed by atoms with Crippen LogP contribution in [0.2, 0.25) is 5.15 Å². The zero-order chi connectivity index (χ0) is 15.3. The second kappa shape index (κ2) is 4.86. The van der Waals surface area contributed by atoms with Crippen LogP contribution in [-0.4, -0.2) is 26.7 Å². The first kappa shape index (κ1) is 13.4. The molecule has 7 heteroatoms. The van der Waals surface area contributed by atoms with Gasteiger partial charge in [-0.05, 0) is 18.2 Å². The standard InChI is InChI=1S/C15H8ClN3O2S/c16-13-12-11(17-7-18-13)5-8(22-12)6-19-14(20)9-3-1-2-4-10(9)15(19)21/h1-5,7H,6H2. The van der Waals surface area contributed by atoms with Crippen molar-refractivity contribution in [3.63, 3.8) is 0 Å². The van der Waals surface area contributed by atoms with E-state index in [0.717, 1.165) is 15.1 Å². The molecule has 1 aliphatic rings. The summed E-state index contributed by atoms with van der Waals surface area (Å²) < 4.78 is 0.760. The fourth-order valence-electron chi connectivity index (χ4n) is 2.49. The van der Waals surface area contributed by atoms with E-state index in [1.807, 2.05) is 6.07 Å². The lowest BCUT2D eigenvalue weighted by atomic mass is 10.1. The van der Waals surface area contributed by atoms with Gasteiger partial charge in [-0.3, -0.25) is 14.5 Å². The number of rotatable bonds is 2. The number of thiophene rings is 1. The third-order valence-corrected chi connectivity index (χ3v) is 5.03. The molecule has 4 rings (SSSR count). The number of fused-ring (bicyclic) bond motifs is 2. The van der Waals surface area contributed by atoms with Crippen molar-refractivity contribution in [2.75, 3.05) is 0 Å². The Morgan fingerprint density at radius 3 is 2.41 bits per heavy atom. The summed E-state index contributed by atoms with van der Waals surface area (Å²) in [4.78, 5) is 34.9. The van der Waals surface area contributed by atoms with Gasteiger partial charge < -0.3 is 0 Å². The van der Waals surface area contributed by atoms with E-state index in [2.05, 4.69) is 9.97 Å². The van der Waals surface area contributed by atoms with Gasteiger partial charge in [0.1, 0.15) is 11.5 Å². The maximum Gasteiger partial charge on any atom is 0.261 e. The predicted octanol–water partition coefficient (Wildman–Crippen LogP) is 3.14. The van der Waals surface area contributed by atoms with E-state index in [1.54, 1.807) is 24.3 Å². The maximum absolute atomic E-state index is 12.3. The van der Waals surface area contributed by atoms with Crippen LogP contribution >= 0.6 is 22.9 Å². The molecule has 108 valence electrons. The Morgan fingerprint density at radius 2 is 1.77 bits per heavy atom. The minimum Gasteiger partial charge on any atom is -0.269 e. The molecule has 0 atom stereocenters. The van der Waals surface area contributed by atoms with Gasteiger partial charge in [-0.1, -0.05) is 23.7 Å². The third-order valence-electron chi connectivity index (χ3n) is 3.51. The van der Waals surface area contributed by atoms with Crippen LogP contribution in [0.15, 0.2) is 36.7 Å². The molecule has 0 saturated carbocycles. The molecule has 2 amide bonds. The Kier molecular flexibility index (Phi) is 2.95. The molecule has 0 spiro atoms. The van der Waals surface area contributed by atoms with Crippen LogP contribution in [-0.2, 0) is 6.54 Å². The van der Waals surface area contributed by atoms with Crippen molar-refractivity contribution in [2.24, 2.45) is 0 Å². The van der Waals surface area contributed by atoms with Crippen molar-refractivity contribution < 1.29 is 9.59 Å². The first-order chi connectivity index (χ1) is 10.6. The van der Waals surface area contributed by atoms with Gasteiger partial charge in [0.2, 0.25) is 0 Å². The lowest BCUT2D eigenvalue weighted by Crippen LogP contribution is -2.28. The minimum atomic E-state index is -0.268. The Bertz CT molecular complexity index is 902. The number of aromatic nitrogens is 2. The van der Waals surface area contributed by atoms with Crippen LogP contribution in [0.1, 0.15) is 25.6 Å². The van der Waals surface area contributed by atoms with Crippen molar-refractivity contribution in [1.82, 2.24) is 14.9 Å². The van der Waals surface area contributed by atoms with Crippen molar-refractivity contribution in [3.8, 4) is 0 Å². The first-order valence-corrected chi connectivity index (χ1v) is 7.69. The van der Waals surface area contributed by atoms with Crippen LogP contribution in [0.5, 0.6) is 0 Å². The number of hydrogen-bond donors (Lipinski definition) is 0. The molecule has 0 aliphatic carbocycles. The number of carbonyl (C=O) groups is 2. The van der Waals surface area contributed by atoms with Gasteiger partial charge in [0.15, 0.2) is 0 Å². The van der Waals surface area contributed by atoms with Crippen LogP contribution in [0.25, 0.3) is 10.2 Å². The average Bonchev–Trinajstić information content (AvgIpc) is 3.04. The van der Waals surface area contributed by atoms with E-state index in [4.69, 9.17) is 11.6 Å². The van der Waals surface area contributed by atoms with Crippen LogP contribution in [0.3, 0.4) is 0 Å². The number of benzene rings is 1. The topological polar surface area (TPSA) is 63.2 Å². The Hall–Kier alpha value is -2.31. The summed E-state index contributed by atoms with van der Waals surface area (Å²) in [7, 11) is 0. The Balaban J connectivity index is 1.70. The molecule has 0 fully saturated rings. The third kappa shape index (κ3) is 1.92. The molecule has 3 heterocycles. The molecule has 0 unspecified atom stereocenters. The fourth-order valence-corrected chi connectivity index (χ4v) is 3.73. The van der Waals surface area contributed by atoms with E-state index in [-0.39, 0.29) is 18.4 Å². The van der Waals surface area contributed by atoms with Gasteiger partial charge in [-0.15, -0.1) is 11.3 Å². The van der Waals surface area contributed by atoms with E-state index < -0.39 is 0 Å². The van der Waals surface area contributed by atoms with Gasteiger partial charge in [-0.25, -0.2) is 9.97 Å². The van der Waals surface area contributed by atoms with Crippen LogP contribution < -0.4 is 0 Å². The van der Waals surface area contributed by atoms with Gasteiger partial charge in [0, 0.05) is 4.88 Å². The number of halogens is 1. The largest absolute Gasteiger partial charge is 0.269 e. The lowest BCUT2D eigenvalue weighted by Gasteiger charge is -2.11. The number of amides is 2. The normalized spacial score (nSPS) is 14.0. The van der Waals surface area contributed by atoms with Crippen molar-refractivity contribution in [3.05, 3.63) is 57.8 Å². The quantitative estimate of drug-likeness (QED) is 0.535. The fraction of sp³-hybridized carbons (Fsp3) is 0.0667. The number of imide groups is 1. The van der Waals surface area contributed by atoms with E-state index in [9.17, 15) is 9.59 Å². The Morgan fingerprint density at radius 1 is 1.09 bits per heavy atom. The van der Waals surface area contributed by atoms with Gasteiger partial charge in [0.05, 0.1) is 27.9 Å². The molecule has 5 nitrogen and oxygen atoms in total. The molecule has 1 aromatic carbocycles. The highest BCUT2D eigenvalue weighted by Crippen LogP contribution is 2.31. The molecule has 1 aliphatic heterocycles. The molecule has 3 aromatic rings. The van der Waals surface area contributed by atoms with Crippen molar-refractivity contribution >= 4 is 45.0 Å². The molecule has 0 bridgehead atoms. The smallest absolute Gasteiger partial charge is 0.261 e. The van der Waals surface area contributed by atoms with Crippen LogP contribution in [0.4, 0.5) is 0 Å². The zero-order valence-electron chi connectivity index (χ0n) is 11.1. The summed E-state index contributed by atoms with van der Waals surface area (Å²) in [6.45, 7) is 0.212. The number of nitrogens with zero attached hydrogens (tertiary/aromatic N) is 3. The summed E-state index contributed by atoms with van der Waals surface area (Å²) in [5.74, 6) is -0.537. The number of carbonyl (C=O) groups excluding carboxylic acids is 2. The highest BCUT2D eigenvalue weighted by molar-refractivity contribution is 7.19. The van der Waals surface area contributed by atoms with Crippen LogP contribution in [0, 0.1) is 0 Å². The van der Waals surface area contributed by atoms with Gasteiger partial charge in [0.25, 0.3) is 11.8 Å². The number of hydrogen-bond acceptors (Lipinski definition) is 5. The highest BCUT2D eigenvalue weighted by atomic mass is 35.5. The molecule has 22 heavy (non-hydrogen) atoms. The second-order valence-electron chi connectivity index (χ2n) is 4.83. The summed E-state index contributed by atoms with van der Waals surface area (Å²) in [6, 6.07) is 8.67. The zero-order valence-corrected chi connectivity index (χ0v) is 12.7. The van der Waals surface area contributed by atoms with Gasteiger partial charge in [-0.2, -0.15) is 0 Å². The molecular weight excluding hydrogens is 322 g/mol. The van der Waals surface area contributed by atoms with E-state index in [1.165, 1.54) is 22.6 Å². The summed E-state index contributed by atoms with van der Waals surface area (Å²) in [5.41, 5.74) is 1.62. The van der Waals surface area contributed by atoms with E-state index in [0.29, 0.717) is 16.3 Å². The van der Waals surface area contributed by atoms with Crippen molar-refractivity contribution in [2.45, 2.75) is 6.54 Å². The summed E-state index contributed by atoms with van der Waals surface area (Å²) in [6.07, 6.45) is 1.39. The Labute approximate surface area is 134 Å².